The largest absolute Gasteiger partial charge is 0.391 e. The second-order valence-electron chi connectivity index (χ2n) is 4.34. The second kappa shape index (κ2) is 3.87. The molecule has 2 atom stereocenters. The first-order valence-corrected chi connectivity index (χ1v) is 5.39. The summed E-state index contributed by atoms with van der Waals surface area (Å²) in [5, 5.41) is 12.6. The minimum Gasteiger partial charge on any atom is -0.391 e. The topological polar surface area (TPSA) is 52.6 Å². The van der Waals surface area contributed by atoms with E-state index in [1.165, 1.54) is 0 Å². The molecule has 2 unspecified atom stereocenters. The van der Waals surface area contributed by atoms with E-state index in [0.29, 0.717) is 0 Å². The maximum atomic E-state index is 11.9. The lowest BCUT2D eigenvalue weighted by atomic mass is 10.0. The Labute approximate surface area is 84.3 Å². The summed E-state index contributed by atoms with van der Waals surface area (Å²) in [6.45, 7) is 4.21. The molecule has 2 rings (SSSR count). The third kappa shape index (κ3) is 1.64. The SMILES string of the molecule is CC(O)C1CCCN1C(=O)C1CNC1. The molecule has 2 fully saturated rings. The van der Waals surface area contributed by atoms with Crippen molar-refractivity contribution in [2.24, 2.45) is 5.92 Å². The number of nitrogens with zero attached hydrogens (tertiary/aromatic N) is 1. The van der Waals surface area contributed by atoms with Crippen LogP contribution < -0.4 is 5.32 Å². The van der Waals surface area contributed by atoms with Gasteiger partial charge in [-0.15, -0.1) is 0 Å². The van der Waals surface area contributed by atoms with Crippen LogP contribution in [0.4, 0.5) is 0 Å². The van der Waals surface area contributed by atoms with Gasteiger partial charge in [0.1, 0.15) is 0 Å². The highest BCUT2D eigenvalue weighted by molar-refractivity contribution is 5.80. The highest BCUT2D eigenvalue weighted by atomic mass is 16.3. The molecule has 0 bridgehead atoms. The lowest BCUT2D eigenvalue weighted by molar-refractivity contribution is -0.139. The standard InChI is InChI=1S/C10H18N2O2/c1-7(13)9-3-2-4-12(9)10(14)8-5-11-6-8/h7-9,11,13H,2-6H2,1H3. The summed E-state index contributed by atoms with van der Waals surface area (Å²) in [6.07, 6.45) is 1.58. The van der Waals surface area contributed by atoms with Crippen molar-refractivity contribution >= 4 is 5.91 Å². The van der Waals surface area contributed by atoms with Crippen LogP contribution in [0.3, 0.4) is 0 Å². The normalized spacial score (nSPS) is 30.1. The molecular weight excluding hydrogens is 180 g/mol. The van der Waals surface area contributed by atoms with Crippen LogP contribution in [0, 0.1) is 5.92 Å². The number of aliphatic hydroxyl groups excluding tert-OH is 1. The zero-order chi connectivity index (χ0) is 10.1. The third-order valence-corrected chi connectivity index (χ3v) is 3.27. The molecule has 2 heterocycles. The smallest absolute Gasteiger partial charge is 0.228 e. The van der Waals surface area contributed by atoms with Crippen molar-refractivity contribution in [2.75, 3.05) is 19.6 Å². The fraction of sp³-hybridized carbons (Fsp3) is 0.900. The van der Waals surface area contributed by atoms with Gasteiger partial charge in [-0.2, -0.15) is 0 Å². The first kappa shape index (κ1) is 9.93. The van der Waals surface area contributed by atoms with Gasteiger partial charge in [0.25, 0.3) is 0 Å². The predicted octanol–water partition coefficient (Wildman–Crippen LogP) is -0.422. The van der Waals surface area contributed by atoms with Crippen LogP contribution in [-0.4, -0.2) is 47.7 Å². The molecule has 0 aromatic heterocycles. The summed E-state index contributed by atoms with van der Waals surface area (Å²) in [5.41, 5.74) is 0. The van der Waals surface area contributed by atoms with Crippen LogP contribution in [0.25, 0.3) is 0 Å². The number of aliphatic hydroxyl groups is 1. The third-order valence-electron chi connectivity index (χ3n) is 3.27. The van der Waals surface area contributed by atoms with Crippen molar-refractivity contribution in [1.82, 2.24) is 10.2 Å². The van der Waals surface area contributed by atoms with E-state index in [2.05, 4.69) is 5.32 Å². The predicted molar refractivity (Wildman–Crippen MR) is 52.8 cm³/mol. The van der Waals surface area contributed by atoms with Gasteiger partial charge in [0, 0.05) is 19.6 Å². The van der Waals surface area contributed by atoms with Crippen molar-refractivity contribution in [1.29, 1.82) is 0 Å². The molecular formula is C10H18N2O2. The van der Waals surface area contributed by atoms with Crippen LogP contribution in [0.5, 0.6) is 0 Å². The monoisotopic (exact) mass is 198 g/mol. The molecule has 80 valence electrons. The minimum absolute atomic E-state index is 0.0584. The second-order valence-corrected chi connectivity index (χ2v) is 4.34. The van der Waals surface area contributed by atoms with Crippen LogP contribution in [0.2, 0.25) is 0 Å². The quantitative estimate of drug-likeness (QED) is 0.633. The summed E-state index contributed by atoms with van der Waals surface area (Å²) < 4.78 is 0. The van der Waals surface area contributed by atoms with E-state index in [1.54, 1.807) is 6.92 Å². The van der Waals surface area contributed by atoms with Crippen LogP contribution >= 0.6 is 0 Å². The maximum Gasteiger partial charge on any atom is 0.228 e. The molecule has 0 aromatic carbocycles. The average Bonchev–Trinajstić information content (AvgIpc) is 2.47. The fourth-order valence-corrected chi connectivity index (χ4v) is 2.27. The fourth-order valence-electron chi connectivity index (χ4n) is 2.27. The maximum absolute atomic E-state index is 11.9. The minimum atomic E-state index is -0.394. The molecule has 0 spiro atoms. The first-order valence-electron chi connectivity index (χ1n) is 5.39. The molecule has 2 aliphatic rings. The van der Waals surface area contributed by atoms with Crippen molar-refractivity contribution in [2.45, 2.75) is 31.9 Å². The van der Waals surface area contributed by atoms with E-state index in [-0.39, 0.29) is 17.9 Å². The number of rotatable bonds is 2. The Hall–Kier alpha value is -0.610. The first-order chi connectivity index (χ1) is 6.70. The Morgan fingerprint density at radius 1 is 1.57 bits per heavy atom. The molecule has 14 heavy (non-hydrogen) atoms. The number of hydrogen-bond donors (Lipinski definition) is 2. The number of likely N-dealkylation sites (tertiary alicyclic amines) is 1. The molecule has 1 amide bonds. The zero-order valence-electron chi connectivity index (χ0n) is 8.57. The molecule has 4 nitrogen and oxygen atoms in total. The highest BCUT2D eigenvalue weighted by Crippen LogP contribution is 2.23. The summed E-state index contributed by atoms with van der Waals surface area (Å²) >= 11 is 0. The number of carbonyl (C=O) groups excluding carboxylic acids is 1. The summed E-state index contributed by atoms with van der Waals surface area (Å²) in [7, 11) is 0. The molecule has 2 aliphatic heterocycles. The van der Waals surface area contributed by atoms with E-state index in [0.717, 1.165) is 32.5 Å². The highest BCUT2D eigenvalue weighted by Gasteiger charge is 2.37. The number of nitrogens with one attached hydrogen (secondary N) is 1. The molecule has 0 saturated carbocycles. The van der Waals surface area contributed by atoms with E-state index in [1.807, 2.05) is 4.90 Å². The Kier molecular flexibility index (Phi) is 2.74. The van der Waals surface area contributed by atoms with Crippen LogP contribution in [-0.2, 0) is 4.79 Å². The van der Waals surface area contributed by atoms with Crippen molar-refractivity contribution in [3.05, 3.63) is 0 Å². The van der Waals surface area contributed by atoms with Gasteiger partial charge in [0.2, 0.25) is 5.91 Å². The Balaban J connectivity index is 1.97. The van der Waals surface area contributed by atoms with Gasteiger partial charge >= 0.3 is 0 Å². The van der Waals surface area contributed by atoms with E-state index >= 15 is 0 Å². The number of hydrogen-bond acceptors (Lipinski definition) is 3. The van der Waals surface area contributed by atoms with E-state index in [9.17, 15) is 9.90 Å². The average molecular weight is 198 g/mol. The van der Waals surface area contributed by atoms with Gasteiger partial charge in [0.05, 0.1) is 18.1 Å². The van der Waals surface area contributed by atoms with Crippen molar-refractivity contribution < 1.29 is 9.90 Å². The molecule has 2 saturated heterocycles. The molecule has 0 aromatic rings. The Morgan fingerprint density at radius 2 is 2.29 bits per heavy atom. The summed E-state index contributed by atoms with van der Waals surface area (Å²) in [4.78, 5) is 13.8. The van der Waals surface area contributed by atoms with Gasteiger partial charge in [-0.1, -0.05) is 0 Å². The summed E-state index contributed by atoms with van der Waals surface area (Å²) in [5.74, 6) is 0.390. The van der Waals surface area contributed by atoms with Gasteiger partial charge in [-0.05, 0) is 19.8 Å². The van der Waals surface area contributed by atoms with Gasteiger partial charge in [0.15, 0.2) is 0 Å². The summed E-state index contributed by atoms with van der Waals surface area (Å²) in [6, 6.07) is 0.0584. The van der Waals surface area contributed by atoms with Gasteiger partial charge in [-0.25, -0.2) is 0 Å². The lowest BCUT2D eigenvalue weighted by Gasteiger charge is -2.34. The van der Waals surface area contributed by atoms with Gasteiger partial charge < -0.3 is 15.3 Å². The van der Waals surface area contributed by atoms with Gasteiger partial charge in [-0.3, -0.25) is 4.79 Å². The Bertz CT molecular complexity index is 226. The Morgan fingerprint density at radius 3 is 2.79 bits per heavy atom. The molecule has 2 N–H and O–H groups in total. The van der Waals surface area contributed by atoms with Crippen molar-refractivity contribution in [3.63, 3.8) is 0 Å². The van der Waals surface area contributed by atoms with Crippen molar-refractivity contribution in [3.8, 4) is 0 Å². The molecule has 4 heteroatoms. The molecule has 0 aliphatic carbocycles. The zero-order valence-corrected chi connectivity index (χ0v) is 8.57. The number of amides is 1. The van der Waals surface area contributed by atoms with Crippen LogP contribution in [0.1, 0.15) is 19.8 Å². The van der Waals surface area contributed by atoms with Crippen LogP contribution in [0.15, 0.2) is 0 Å². The van der Waals surface area contributed by atoms with E-state index in [4.69, 9.17) is 0 Å². The molecule has 0 radical (unpaired) electrons. The number of carbonyl (C=O) groups is 1. The lowest BCUT2D eigenvalue weighted by Crippen LogP contribution is -2.54. The van der Waals surface area contributed by atoms with E-state index < -0.39 is 6.10 Å².